The summed E-state index contributed by atoms with van der Waals surface area (Å²) < 4.78 is 7.23. The largest absolute Gasteiger partial charge is 0.394 e. The van der Waals surface area contributed by atoms with Gasteiger partial charge in [0.15, 0.2) is 5.78 Å². The number of carbonyl (C=O) groups excluding carboxylic acids is 1. The standard InChI is InChI=1S/C35H31NO2Si/c1-3-25-22-23-32-31(24-25)29-20-13-21-30(33(29)36-32)35(34(37)26-14-7-4-8-15-26)38-39(2,27-16-9-5-10-17-27)28-18-11-6-12-19-28/h4-24,35-36H,3H2,1-2H3/t35-/m0/s1. The van der Waals surface area contributed by atoms with Crippen molar-refractivity contribution >= 4 is 46.3 Å². The van der Waals surface area contributed by atoms with Crippen molar-refractivity contribution in [2.24, 2.45) is 0 Å². The van der Waals surface area contributed by atoms with Crippen LogP contribution in [0.2, 0.25) is 6.55 Å². The minimum Gasteiger partial charge on any atom is -0.394 e. The van der Waals surface area contributed by atoms with E-state index in [1.807, 2.05) is 78.9 Å². The number of aromatic nitrogens is 1. The van der Waals surface area contributed by atoms with E-state index in [0.717, 1.165) is 38.8 Å². The van der Waals surface area contributed by atoms with Crippen LogP contribution in [0.4, 0.5) is 0 Å². The molecule has 192 valence electrons. The van der Waals surface area contributed by atoms with Gasteiger partial charge in [0.25, 0.3) is 8.32 Å². The molecule has 39 heavy (non-hydrogen) atoms. The summed E-state index contributed by atoms with van der Waals surface area (Å²) in [5, 5.41) is 4.52. The topological polar surface area (TPSA) is 42.1 Å². The molecule has 0 aliphatic heterocycles. The summed E-state index contributed by atoms with van der Waals surface area (Å²) in [5.41, 5.74) is 4.80. The van der Waals surface area contributed by atoms with Gasteiger partial charge in [0.05, 0.1) is 5.52 Å². The molecule has 3 nitrogen and oxygen atoms in total. The van der Waals surface area contributed by atoms with Crippen molar-refractivity contribution in [1.29, 1.82) is 0 Å². The van der Waals surface area contributed by atoms with Crippen LogP contribution in [0, 0.1) is 0 Å². The summed E-state index contributed by atoms with van der Waals surface area (Å²) in [7, 11) is -2.82. The Morgan fingerprint density at radius 2 is 1.36 bits per heavy atom. The fourth-order valence-corrected chi connectivity index (χ4v) is 8.46. The molecule has 0 amide bonds. The smallest absolute Gasteiger partial charge is 0.254 e. The van der Waals surface area contributed by atoms with E-state index in [0.29, 0.717) is 5.56 Å². The number of carbonyl (C=O) groups is 1. The van der Waals surface area contributed by atoms with Crippen LogP contribution in [0.3, 0.4) is 0 Å². The zero-order valence-corrected chi connectivity index (χ0v) is 23.2. The minimum absolute atomic E-state index is 0.0402. The zero-order chi connectivity index (χ0) is 26.8. The van der Waals surface area contributed by atoms with Gasteiger partial charge in [-0.1, -0.05) is 122 Å². The molecule has 6 aromatic rings. The fourth-order valence-electron chi connectivity index (χ4n) is 5.49. The van der Waals surface area contributed by atoms with Gasteiger partial charge in [-0.25, -0.2) is 0 Å². The van der Waals surface area contributed by atoms with E-state index in [-0.39, 0.29) is 5.78 Å². The second-order valence-corrected chi connectivity index (χ2v) is 13.6. The summed E-state index contributed by atoms with van der Waals surface area (Å²) in [6.07, 6.45) is 0.186. The number of aromatic amines is 1. The summed E-state index contributed by atoms with van der Waals surface area (Å²) in [5.74, 6) is -0.0402. The molecule has 1 N–H and O–H groups in total. The first-order valence-corrected chi connectivity index (χ1v) is 15.9. The molecule has 0 saturated carbocycles. The number of para-hydroxylation sites is 1. The van der Waals surface area contributed by atoms with E-state index in [4.69, 9.17) is 4.43 Å². The third-order valence-electron chi connectivity index (χ3n) is 7.72. The molecule has 1 atom stereocenters. The Labute approximate surface area is 230 Å². The van der Waals surface area contributed by atoms with Crippen LogP contribution in [0.15, 0.2) is 127 Å². The number of hydrogen-bond acceptors (Lipinski definition) is 2. The molecule has 6 rings (SSSR count). The molecule has 1 aromatic heterocycles. The fraction of sp³-hybridized carbons (Fsp3) is 0.114. The number of hydrogen-bond donors (Lipinski definition) is 1. The van der Waals surface area contributed by atoms with E-state index < -0.39 is 14.4 Å². The average molecular weight is 526 g/mol. The number of H-pyrrole nitrogens is 1. The summed E-state index contributed by atoms with van der Waals surface area (Å²) in [6, 6.07) is 43.0. The molecule has 0 spiro atoms. The van der Waals surface area contributed by atoms with Crippen LogP contribution >= 0.6 is 0 Å². The highest BCUT2D eigenvalue weighted by atomic mass is 28.4. The number of nitrogens with one attached hydrogen (secondary N) is 1. The van der Waals surface area contributed by atoms with Gasteiger partial charge in [-0.05, 0) is 41.0 Å². The van der Waals surface area contributed by atoms with Crippen molar-refractivity contribution in [2.45, 2.75) is 26.0 Å². The van der Waals surface area contributed by atoms with Gasteiger partial charge in [0.2, 0.25) is 0 Å². The van der Waals surface area contributed by atoms with Crippen molar-refractivity contribution in [3.05, 3.63) is 144 Å². The van der Waals surface area contributed by atoms with Crippen LogP contribution < -0.4 is 10.4 Å². The Bertz CT molecular complexity index is 1700. The van der Waals surface area contributed by atoms with Gasteiger partial charge >= 0.3 is 0 Å². The molecular weight excluding hydrogens is 494 g/mol. The van der Waals surface area contributed by atoms with E-state index in [9.17, 15) is 4.79 Å². The van der Waals surface area contributed by atoms with Crippen LogP contribution in [0.5, 0.6) is 0 Å². The maximum Gasteiger partial charge on any atom is 0.254 e. The third kappa shape index (κ3) is 4.63. The van der Waals surface area contributed by atoms with E-state index in [1.165, 1.54) is 10.9 Å². The highest BCUT2D eigenvalue weighted by molar-refractivity contribution is 6.96. The summed E-state index contributed by atoms with van der Waals surface area (Å²) in [4.78, 5) is 18.0. The Balaban J connectivity index is 1.57. The van der Waals surface area contributed by atoms with Crippen molar-refractivity contribution in [2.75, 3.05) is 0 Å². The first-order valence-electron chi connectivity index (χ1n) is 13.5. The number of rotatable bonds is 8. The number of aryl methyl sites for hydroxylation is 1. The second kappa shape index (κ2) is 10.5. The van der Waals surface area contributed by atoms with Gasteiger partial charge in [0, 0.05) is 27.4 Å². The van der Waals surface area contributed by atoms with Crippen molar-refractivity contribution in [3.63, 3.8) is 0 Å². The second-order valence-electron chi connectivity index (χ2n) is 10.1. The van der Waals surface area contributed by atoms with E-state index in [2.05, 4.69) is 67.0 Å². The Morgan fingerprint density at radius 1 is 0.744 bits per heavy atom. The molecule has 0 fully saturated rings. The maximum absolute atomic E-state index is 14.3. The first kappa shape index (κ1) is 25.0. The molecule has 0 saturated heterocycles. The normalized spacial score (nSPS) is 12.6. The molecule has 0 bridgehead atoms. The molecular formula is C35H31NO2Si. The molecule has 0 radical (unpaired) electrons. The predicted octanol–water partition coefficient (Wildman–Crippen LogP) is 7.21. The molecule has 5 aromatic carbocycles. The van der Waals surface area contributed by atoms with Gasteiger partial charge in [-0.15, -0.1) is 0 Å². The summed E-state index contributed by atoms with van der Waals surface area (Å²) >= 11 is 0. The highest BCUT2D eigenvalue weighted by Gasteiger charge is 2.40. The Morgan fingerprint density at radius 3 is 1.97 bits per heavy atom. The lowest BCUT2D eigenvalue weighted by Crippen LogP contribution is -2.59. The predicted molar refractivity (Wildman–Crippen MR) is 164 cm³/mol. The Hall–Kier alpha value is -4.25. The van der Waals surface area contributed by atoms with Gasteiger partial charge in [0.1, 0.15) is 6.10 Å². The third-order valence-corrected chi connectivity index (χ3v) is 11.3. The van der Waals surface area contributed by atoms with E-state index >= 15 is 0 Å². The lowest BCUT2D eigenvalue weighted by atomic mass is 9.97. The molecule has 4 heteroatoms. The van der Waals surface area contributed by atoms with Crippen LogP contribution in [0.25, 0.3) is 21.8 Å². The first-order chi connectivity index (χ1) is 19.1. The minimum atomic E-state index is -2.82. The average Bonchev–Trinajstić information content (AvgIpc) is 3.39. The molecule has 0 aliphatic rings. The number of Topliss-reactive ketones (excluding diaryl/α,β-unsaturated/α-hetero) is 1. The number of ketones is 1. The van der Waals surface area contributed by atoms with Crippen molar-refractivity contribution < 1.29 is 9.22 Å². The lowest BCUT2D eigenvalue weighted by Gasteiger charge is -2.33. The van der Waals surface area contributed by atoms with Crippen LogP contribution in [-0.4, -0.2) is 19.1 Å². The monoisotopic (exact) mass is 525 g/mol. The molecule has 0 unspecified atom stereocenters. The highest BCUT2D eigenvalue weighted by Crippen LogP contribution is 2.35. The van der Waals surface area contributed by atoms with Gasteiger partial charge in [-0.2, -0.15) is 0 Å². The number of benzene rings is 5. The quantitative estimate of drug-likeness (QED) is 0.168. The van der Waals surface area contributed by atoms with Crippen molar-refractivity contribution in [3.8, 4) is 0 Å². The van der Waals surface area contributed by atoms with Gasteiger partial charge < -0.3 is 9.41 Å². The SMILES string of the molecule is CCc1ccc2[nH]c3c([C@H](O[Si](C)(c4ccccc4)c4ccccc4)C(=O)c4ccccc4)cccc3c2c1. The van der Waals surface area contributed by atoms with Gasteiger partial charge in [-0.3, -0.25) is 4.79 Å². The zero-order valence-electron chi connectivity index (χ0n) is 22.2. The van der Waals surface area contributed by atoms with Crippen molar-refractivity contribution in [1.82, 2.24) is 4.98 Å². The molecule has 0 aliphatic carbocycles. The summed E-state index contributed by atoms with van der Waals surface area (Å²) in [6.45, 7) is 4.37. The van der Waals surface area contributed by atoms with E-state index in [1.54, 1.807) is 0 Å². The lowest BCUT2D eigenvalue weighted by molar-refractivity contribution is 0.0788. The van der Waals surface area contributed by atoms with Crippen LogP contribution in [-0.2, 0) is 10.8 Å². The molecule has 1 heterocycles. The maximum atomic E-state index is 14.3. The Kier molecular flexibility index (Phi) is 6.73. The number of fused-ring (bicyclic) bond motifs is 3. The van der Waals surface area contributed by atoms with Crippen LogP contribution in [0.1, 0.15) is 34.5 Å².